The number of carboxylic acids is 1. The summed E-state index contributed by atoms with van der Waals surface area (Å²) in [6.45, 7) is 4.06. The van der Waals surface area contributed by atoms with Gasteiger partial charge in [0.1, 0.15) is 11.8 Å². The summed E-state index contributed by atoms with van der Waals surface area (Å²) >= 11 is 0. The number of nitrogens with two attached hydrogens (primary N) is 2. The maximum atomic E-state index is 12.0. The van der Waals surface area contributed by atoms with E-state index in [-0.39, 0.29) is 0 Å². The maximum Gasteiger partial charge on any atom is 0.328 e. The van der Waals surface area contributed by atoms with Crippen LogP contribution in [0.25, 0.3) is 10.8 Å². The molecule has 160 valence electrons. The Balaban J connectivity index is 0.00000204. The lowest BCUT2D eigenvalue weighted by Gasteiger charge is -2.29. The highest BCUT2D eigenvalue weighted by atomic mass is 16.4. The minimum atomic E-state index is -1.48. The molecule has 2 unspecified atom stereocenters. The van der Waals surface area contributed by atoms with E-state index in [0.29, 0.717) is 30.4 Å². The number of aliphatic hydroxyl groups is 1. The largest absolute Gasteiger partial charge is 0.480 e. The first-order valence-corrected chi connectivity index (χ1v) is 10.1. The molecule has 0 aliphatic carbocycles. The molecule has 0 aliphatic rings. The average molecular weight is 403 g/mol. The van der Waals surface area contributed by atoms with Crippen molar-refractivity contribution in [1.29, 1.82) is 0 Å². The van der Waals surface area contributed by atoms with E-state index >= 15 is 0 Å². The smallest absolute Gasteiger partial charge is 0.328 e. The van der Waals surface area contributed by atoms with Gasteiger partial charge in [-0.15, -0.1) is 0 Å². The summed E-state index contributed by atoms with van der Waals surface area (Å²) in [5.41, 5.74) is 11.5. The lowest BCUT2D eigenvalue weighted by atomic mass is 9.79. The molecule has 2 aromatic carbocycles. The van der Waals surface area contributed by atoms with E-state index in [9.17, 15) is 14.7 Å². The summed E-state index contributed by atoms with van der Waals surface area (Å²) in [6, 6.07) is 11.0. The average Bonchev–Trinajstić information content (AvgIpc) is 2.76. The summed E-state index contributed by atoms with van der Waals surface area (Å²) in [4.78, 5) is 23.9. The van der Waals surface area contributed by atoms with Crippen molar-refractivity contribution < 1.29 is 19.8 Å². The Morgan fingerprint density at radius 3 is 1.90 bits per heavy atom. The number of carbonyl (C=O) groups excluding carboxylic acids is 1. The van der Waals surface area contributed by atoms with Gasteiger partial charge in [-0.1, -0.05) is 75.9 Å². The van der Waals surface area contributed by atoms with Gasteiger partial charge in [-0.05, 0) is 34.7 Å². The fraction of sp³-hybridized carbons (Fsp3) is 0.478. The lowest BCUT2D eigenvalue weighted by molar-refractivity contribution is -0.144. The molecule has 29 heavy (non-hydrogen) atoms. The number of benzene rings is 2. The van der Waals surface area contributed by atoms with Crippen LogP contribution in [0.15, 0.2) is 36.4 Å². The Bertz CT molecular complexity index is 824. The molecular weight excluding hydrogens is 368 g/mol. The number of aliphatic hydroxyl groups excluding tert-OH is 1. The second-order valence-electron chi connectivity index (χ2n) is 7.35. The fourth-order valence-electron chi connectivity index (χ4n) is 3.64. The number of carbonyl (C=O) groups is 2. The number of hydrogen-bond donors (Lipinski definition) is 4. The Morgan fingerprint density at radius 1 is 0.931 bits per heavy atom. The van der Waals surface area contributed by atoms with Crippen LogP contribution < -0.4 is 11.5 Å². The Kier molecular flexibility index (Phi) is 9.43. The number of aldehydes is 1. The van der Waals surface area contributed by atoms with Crippen LogP contribution in [0, 0.1) is 0 Å². The van der Waals surface area contributed by atoms with Crippen LogP contribution in [-0.2, 0) is 20.7 Å². The van der Waals surface area contributed by atoms with E-state index in [2.05, 4.69) is 6.92 Å². The third-order valence-electron chi connectivity index (χ3n) is 5.36. The molecule has 2 atom stereocenters. The second kappa shape index (κ2) is 11.0. The number of carboxylic acid groups (broad SMARTS) is 1. The predicted molar refractivity (Wildman–Crippen MR) is 117 cm³/mol. The SMILES string of the molecule is CCCCC(N)(C=O)c1cccc2c(C(N)(CCCC)C(=O)O)cccc12.CO. The standard InChI is InChI=1S/C22H30N2O3.CH4O/c1-3-5-13-21(23,15-25)18-11-7-10-17-16(18)9-8-12-19(17)22(24,20(26)27)14-6-4-2;1-2/h7-12,15H,3-6,13-14,23-24H2,1-2H3,(H,26,27);2H,1H3. The van der Waals surface area contributed by atoms with Gasteiger partial charge in [-0.2, -0.15) is 0 Å². The van der Waals surface area contributed by atoms with Crippen molar-refractivity contribution in [2.24, 2.45) is 11.5 Å². The molecule has 6 nitrogen and oxygen atoms in total. The van der Waals surface area contributed by atoms with Gasteiger partial charge >= 0.3 is 5.97 Å². The molecule has 0 spiro atoms. The molecular formula is C23H34N2O4. The van der Waals surface area contributed by atoms with Crippen molar-refractivity contribution in [3.63, 3.8) is 0 Å². The molecule has 6 N–H and O–H groups in total. The molecule has 0 aliphatic heterocycles. The third kappa shape index (κ3) is 5.21. The summed E-state index contributed by atoms with van der Waals surface area (Å²) in [5.74, 6) is -1.05. The van der Waals surface area contributed by atoms with Crippen LogP contribution in [0.5, 0.6) is 0 Å². The van der Waals surface area contributed by atoms with E-state index in [1.54, 1.807) is 12.1 Å². The summed E-state index contributed by atoms with van der Waals surface area (Å²) in [7, 11) is 1.00. The Morgan fingerprint density at radius 2 is 1.41 bits per heavy atom. The van der Waals surface area contributed by atoms with Gasteiger partial charge in [0.05, 0.1) is 5.54 Å². The predicted octanol–water partition coefficient (Wildman–Crippen LogP) is 3.42. The zero-order valence-corrected chi connectivity index (χ0v) is 17.6. The first-order chi connectivity index (χ1) is 13.8. The van der Waals surface area contributed by atoms with Gasteiger partial charge in [0.25, 0.3) is 0 Å². The van der Waals surface area contributed by atoms with Gasteiger partial charge in [0, 0.05) is 7.11 Å². The summed E-state index contributed by atoms with van der Waals surface area (Å²) in [6.07, 6.45) is 5.02. The molecule has 6 heteroatoms. The molecule has 0 bridgehead atoms. The number of hydrogen-bond acceptors (Lipinski definition) is 5. The van der Waals surface area contributed by atoms with Gasteiger partial charge in [-0.3, -0.25) is 0 Å². The molecule has 0 radical (unpaired) electrons. The normalized spacial score (nSPS) is 15.0. The number of rotatable bonds is 10. The van der Waals surface area contributed by atoms with Crippen molar-refractivity contribution in [1.82, 2.24) is 0 Å². The number of fused-ring (bicyclic) bond motifs is 1. The molecule has 2 rings (SSSR count). The van der Waals surface area contributed by atoms with Crippen molar-refractivity contribution in [2.75, 3.05) is 7.11 Å². The third-order valence-corrected chi connectivity index (χ3v) is 5.36. The topological polar surface area (TPSA) is 127 Å². The first-order valence-electron chi connectivity index (χ1n) is 10.1. The van der Waals surface area contributed by atoms with Crippen LogP contribution in [0.3, 0.4) is 0 Å². The van der Waals surface area contributed by atoms with Gasteiger partial charge in [0.2, 0.25) is 0 Å². The van der Waals surface area contributed by atoms with Crippen LogP contribution >= 0.6 is 0 Å². The zero-order valence-electron chi connectivity index (χ0n) is 17.6. The lowest BCUT2D eigenvalue weighted by Crippen LogP contribution is -2.45. The maximum absolute atomic E-state index is 12.0. The highest BCUT2D eigenvalue weighted by Crippen LogP contribution is 2.36. The van der Waals surface area contributed by atoms with E-state index in [4.69, 9.17) is 16.6 Å². The number of unbranched alkanes of at least 4 members (excludes halogenated alkanes) is 2. The molecule has 0 amide bonds. The highest BCUT2D eigenvalue weighted by Gasteiger charge is 2.37. The van der Waals surface area contributed by atoms with Gasteiger partial charge < -0.3 is 26.5 Å². The molecule has 0 saturated heterocycles. The second-order valence-corrected chi connectivity index (χ2v) is 7.35. The summed E-state index contributed by atoms with van der Waals surface area (Å²) in [5, 5.41) is 18.4. The monoisotopic (exact) mass is 402 g/mol. The van der Waals surface area contributed by atoms with Crippen LogP contribution in [0.2, 0.25) is 0 Å². The van der Waals surface area contributed by atoms with Crippen molar-refractivity contribution in [2.45, 2.75) is 63.5 Å². The molecule has 0 saturated carbocycles. The molecule has 0 fully saturated rings. The van der Waals surface area contributed by atoms with Crippen LogP contribution in [0.4, 0.5) is 0 Å². The van der Waals surface area contributed by atoms with Crippen molar-refractivity contribution >= 4 is 23.0 Å². The minimum absolute atomic E-state index is 0.347. The molecule has 2 aromatic rings. The van der Waals surface area contributed by atoms with E-state index < -0.39 is 17.0 Å². The molecule has 0 heterocycles. The van der Waals surface area contributed by atoms with Gasteiger partial charge in [-0.25, -0.2) is 4.79 Å². The van der Waals surface area contributed by atoms with E-state index in [1.165, 1.54) is 0 Å². The van der Waals surface area contributed by atoms with Gasteiger partial charge in [0.15, 0.2) is 0 Å². The zero-order chi connectivity index (χ0) is 22.1. The highest BCUT2D eigenvalue weighted by molar-refractivity contribution is 5.96. The first kappa shape index (κ1) is 24.8. The molecule has 0 aromatic heterocycles. The Labute approximate surface area is 172 Å². The number of aliphatic carboxylic acids is 1. The quantitative estimate of drug-likeness (QED) is 0.451. The van der Waals surface area contributed by atoms with E-state index in [1.807, 2.05) is 31.2 Å². The van der Waals surface area contributed by atoms with Crippen molar-refractivity contribution in [3.05, 3.63) is 47.5 Å². The fourth-order valence-corrected chi connectivity index (χ4v) is 3.64. The Hall–Kier alpha value is -2.28. The van der Waals surface area contributed by atoms with E-state index in [0.717, 1.165) is 43.4 Å². The van der Waals surface area contributed by atoms with Crippen LogP contribution in [0.1, 0.15) is 63.5 Å². The van der Waals surface area contributed by atoms with Crippen LogP contribution in [-0.4, -0.2) is 29.6 Å². The summed E-state index contributed by atoms with van der Waals surface area (Å²) < 4.78 is 0. The van der Waals surface area contributed by atoms with Crippen molar-refractivity contribution in [3.8, 4) is 0 Å². The minimum Gasteiger partial charge on any atom is -0.480 e.